The molecule has 6 nitrogen and oxygen atoms in total. The van der Waals surface area contributed by atoms with E-state index in [0.29, 0.717) is 0 Å². The average molecular weight is 232 g/mol. The molecular formula is C8H10ClN3O3. The molecule has 0 radical (unpaired) electrons. The predicted octanol–water partition coefficient (Wildman–Crippen LogP) is 2.22. The van der Waals surface area contributed by atoms with Crippen LogP contribution in [0.3, 0.4) is 0 Å². The van der Waals surface area contributed by atoms with Crippen LogP contribution in [0.15, 0.2) is 6.33 Å². The maximum atomic E-state index is 10.7. The normalized spacial score (nSPS) is 11.2. The Morgan fingerprint density at radius 2 is 2.07 bits per heavy atom. The van der Waals surface area contributed by atoms with Crippen LogP contribution in [0.4, 0.5) is 5.69 Å². The average Bonchev–Trinajstić information content (AvgIpc) is 1.99. The second-order valence-corrected chi connectivity index (χ2v) is 4.15. The monoisotopic (exact) mass is 231 g/mol. The molecule has 1 rings (SSSR count). The summed E-state index contributed by atoms with van der Waals surface area (Å²) in [6, 6.07) is 0. The first-order valence-corrected chi connectivity index (χ1v) is 4.53. The van der Waals surface area contributed by atoms with E-state index in [4.69, 9.17) is 16.3 Å². The van der Waals surface area contributed by atoms with Crippen molar-refractivity contribution in [1.82, 2.24) is 9.97 Å². The van der Waals surface area contributed by atoms with E-state index >= 15 is 0 Å². The molecule has 1 heterocycles. The van der Waals surface area contributed by atoms with Gasteiger partial charge in [0, 0.05) is 0 Å². The van der Waals surface area contributed by atoms with Gasteiger partial charge in [-0.2, -0.15) is 4.98 Å². The summed E-state index contributed by atoms with van der Waals surface area (Å²) >= 11 is 5.58. The number of hydrogen-bond acceptors (Lipinski definition) is 5. The molecule has 0 unspecified atom stereocenters. The van der Waals surface area contributed by atoms with Crippen LogP contribution in [0.1, 0.15) is 20.8 Å². The molecule has 1 aromatic rings. The molecule has 0 amide bonds. The van der Waals surface area contributed by atoms with Crippen LogP contribution in [0.2, 0.25) is 5.15 Å². The van der Waals surface area contributed by atoms with Crippen molar-refractivity contribution in [2.75, 3.05) is 0 Å². The smallest absolute Gasteiger partial charge is 0.367 e. The maximum Gasteiger partial charge on any atom is 0.367 e. The minimum absolute atomic E-state index is 0.118. The highest BCUT2D eigenvalue weighted by molar-refractivity contribution is 6.31. The number of halogens is 1. The van der Waals surface area contributed by atoms with Gasteiger partial charge in [-0.25, -0.2) is 4.98 Å². The van der Waals surface area contributed by atoms with Gasteiger partial charge in [-0.05, 0) is 20.8 Å². The SMILES string of the molecule is CC(C)(C)Oc1ncnc(Cl)c1[N+](=O)[O-]. The molecule has 0 saturated carbocycles. The minimum atomic E-state index is -0.663. The van der Waals surface area contributed by atoms with Crippen LogP contribution in [-0.4, -0.2) is 20.5 Å². The van der Waals surface area contributed by atoms with Gasteiger partial charge in [0.05, 0.1) is 4.92 Å². The van der Waals surface area contributed by atoms with Gasteiger partial charge in [0.15, 0.2) is 0 Å². The van der Waals surface area contributed by atoms with E-state index in [1.54, 1.807) is 20.8 Å². The lowest BCUT2D eigenvalue weighted by Gasteiger charge is -2.19. The van der Waals surface area contributed by atoms with Crippen molar-refractivity contribution in [1.29, 1.82) is 0 Å². The molecule has 0 atom stereocenters. The first-order valence-electron chi connectivity index (χ1n) is 4.15. The Morgan fingerprint density at radius 3 is 2.53 bits per heavy atom. The number of hydrogen-bond donors (Lipinski definition) is 0. The van der Waals surface area contributed by atoms with Crippen molar-refractivity contribution >= 4 is 17.3 Å². The zero-order valence-electron chi connectivity index (χ0n) is 8.52. The molecule has 0 aliphatic rings. The highest BCUT2D eigenvalue weighted by Crippen LogP contribution is 2.32. The number of aromatic nitrogens is 2. The van der Waals surface area contributed by atoms with E-state index in [1.807, 2.05) is 0 Å². The Bertz CT molecular complexity index is 389. The summed E-state index contributed by atoms with van der Waals surface area (Å²) in [6.45, 7) is 5.27. The number of nitrogens with zero attached hydrogens (tertiary/aromatic N) is 3. The second-order valence-electron chi connectivity index (χ2n) is 3.79. The second kappa shape index (κ2) is 3.98. The van der Waals surface area contributed by atoms with Gasteiger partial charge in [-0.15, -0.1) is 0 Å². The van der Waals surface area contributed by atoms with E-state index in [1.165, 1.54) is 0 Å². The predicted molar refractivity (Wildman–Crippen MR) is 54.1 cm³/mol. The van der Waals surface area contributed by atoms with Crippen LogP contribution in [0, 0.1) is 10.1 Å². The fourth-order valence-corrected chi connectivity index (χ4v) is 1.05. The summed E-state index contributed by atoms with van der Waals surface area (Å²) in [5.74, 6) is -0.118. The topological polar surface area (TPSA) is 78.2 Å². The van der Waals surface area contributed by atoms with Gasteiger partial charge < -0.3 is 4.74 Å². The summed E-state index contributed by atoms with van der Waals surface area (Å²) < 4.78 is 5.30. The van der Waals surface area contributed by atoms with Crippen molar-refractivity contribution in [2.24, 2.45) is 0 Å². The molecule has 0 bridgehead atoms. The van der Waals surface area contributed by atoms with E-state index in [0.717, 1.165) is 6.33 Å². The van der Waals surface area contributed by atoms with Crippen LogP contribution in [-0.2, 0) is 0 Å². The molecule has 7 heteroatoms. The van der Waals surface area contributed by atoms with Crippen molar-refractivity contribution in [3.8, 4) is 5.88 Å². The first-order chi connectivity index (χ1) is 6.81. The highest BCUT2D eigenvalue weighted by atomic mass is 35.5. The Balaban J connectivity index is 3.18. The van der Waals surface area contributed by atoms with Gasteiger partial charge in [0.25, 0.3) is 5.88 Å². The maximum absolute atomic E-state index is 10.7. The Morgan fingerprint density at radius 1 is 1.47 bits per heavy atom. The fraction of sp³-hybridized carbons (Fsp3) is 0.500. The van der Waals surface area contributed by atoms with Crippen LogP contribution >= 0.6 is 11.6 Å². The summed E-state index contributed by atoms with van der Waals surface area (Å²) in [5.41, 5.74) is -0.989. The summed E-state index contributed by atoms with van der Waals surface area (Å²) in [4.78, 5) is 17.2. The molecule has 0 aliphatic carbocycles. The van der Waals surface area contributed by atoms with Gasteiger partial charge in [0.1, 0.15) is 11.9 Å². The molecule has 0 aliphatic heterocycles. The highest BCUT2D eigenvalue weighted by Gasteiger charge is 2.26. The first kappa shape index (κ1) is 11.6. The van der Waals surface area contributed by atoms with Gasteiger partial charge in [-0.3, -0.25) is 10.1 Å². The van der Waals surface area contributed by atoms with E-state index < -0.39 is 16.2 Å². The zero-order chi connectivity index (χ0) is 11.6. The van der Waals surface area contributed by atoms with Crippen molar-refractivity contribution in [3.63, 3.8) is 0 Å². The van der Waals surface area contributed by atoms with E-state index in [9.17, 15) is 10.1 Å². The molecule has 15 heavy (non-hydrogen) atoms. The quantitative estimate of drug-likeness (QED) is 0.443. The molecule has 82 valence electrons. The standard InChI is InChI=1S/C8H10ClN3O3/c1-8(2,3)15-7-5(12(13)14)6(9)10-4-11-7/h4H,1-3H3. The Kier molecular flexibility index (Phi) is 3.09. The minimum Gasteiger partial charge on any atom is -0.467 e. The van der Waals surface area contributed by atoms with Gasteiger partial charge >= 0.3 is 5.69 Å². The molecule has 0 aromatic carbocycles. The third-order valence-electron chi connectivity index (χ3n) is 1.33. The number of ether oxygens (including phenoxy) is 1. The lowest BCUT2D eigenvalue weighted by atomic mass is 10.2. The van der Waals surface area contributed by atoms with Crippen molar-refractivity contribution in [2.45, 2.75) is 26.4 Å². The molecule has 0 N–H and O–H groups in total. The summed E-state index contributed by atoms with van der Waals surface area (Å²) in [7, 11) is 0. The van der Waals surface area contributed by atoms with E-state index in [2.05, 4.69) is 9.97 Å². The Labute approximate surface area is 91.4 Å². The van der Waals surface area contributed by atoms with Gasteiger partial charge in [0.2, 0.25) is 5.15 Å². The largest absolute Gasteiger partial charge is 0.467 e. The van der Waals surface area contributed by atoms with Crippen LogP contribution < -0.4 is 4.74 Å². The van der Waals surface area contributed by atoms with Crippen LogP contribution in [0.25, 0.3) is 0 Å². The zero-order valence-corrected chi connectivity index (χ0v) is 9.28. The third kappa shape index (κ3) is 3.02. The van der Waals surface area contributed by atoms with Crippen LogP contribution in [0.5, 0.6) is 5.88 Å². The fourth-order valence-electron chi connectivity index (χ4n) is 0.861. The molecule has 1 aromatic heterocycles. The van der Waals surface area contributed by atoms with Crippen molar-refractivity contribution in [3.05, 3.63) is 21.6 Å². The van der Waals surface area contributed by atoms with Gasteiger partial charge in [-0.1, -0.05) is 11.6 Å². The molecule has 0 fully saturated rings. The summed E-state index contributed by atoms with van der Waals surface area (Å²) in [6.07, 6.45) is 1.12. The summed E-state index contributed by atoms with van der Waals surface area (Å²) in [5, 5.41) is 10.5. The molecular weight excluding hydrogens is 222 g/mol. The number of nitro groups is 1. The third-order valence-corrected chi connectivity index (χ3v) is 1.61. The van der Waals surface area contributed by atoms with Crippen molar-refractivity contribution < 1.29 is 9.66 Å². The molecule has 0 saturated heterocycles. The number of rotatable bonds is 2. The Hall–Kier alpha value is -1.43. The lowest BCUT2D eigenvalue weighted by molar-refractivity contribution is -0.386. The lowest BCUT2D eigenvalue weighted by Crippen LogP contribution is -2.24. The van der Waals surface area contributed by atoms with E-state index in [-0.39, 0.29) is 11.0 Å². The molecule has 0 spiro atoms.